The summed E-state index contributed by atoms with van der Waals surface area (Å²) in [5.41, 5.74) is 7.55. The summed E-state index contributed by atoms with van der Waals surface area (Å²) in [7, 11) is 3.69. The van der Waals surface area contributed by atoms with E-state index in [0.717, 1.165) is 11.2 Å². The van der Waals surface area contributed by atoms with E-state index < -0.39 is 0 Å². The molecule has 0 aliphatic carbocycles. The molecule has 0 aliphatic rings. The number of nitrogen functional groups attached to an aromatic ring is 1. The van der Waals surface area contributed by atoms with Crippen molar-refractivity contribution in [3.8, 4) is 5.82 Å². The molecule has 0 unspecified atom stereocenters. The highest BCUT2D eigenvalue weighted by atomic mass is 16.1. The maximum atomic E-state index is 12.5. The van der Waals surface area contributed by atoms with Gasteiger partial charge in [0.15, 0.2) is 5.82 Å². The van der Waals surface area contributed by atoms with Gasteiger partial charge in [-0.2, -0.15) is 5.10 Å². The summed E-state index contributed by atoms with van der Waals surface area (Å²) in [6.45, 7) is 1.95. The lowest BCUT2D eigenvalue weighted by Crippen LogP contribution is -2.17. The normalized spacial score (nSPS) is 11.3. The fourth-order valence-electron chi connectivity index (χ4n) is 2.19. The molecule has 0 fully saturated rings. The van der Waals surface area contributed by atoms with Crippen LogP contribution in [0.4, 0.5) is 5.82 Å². The molecule has 2 N–H and O–H groups in total. The lowest BCUT2D eigenvalue weighted by molar-refractivity contribution is 0.725. The zero-order valence-electron chi connectivity index (χ0n) is 11.1. The Hall–Kier alpha value is -2.50. The molecule has 0 aromatic carbocycles. The highest BCUT2D eigenvalue weighted by Gasteiger charge is 2.11. The molecule has 0 saturated carbocycles. The summed E-state index contributed by atoms with van der Waals surface area (Å²) in [6, 6.07) is 5.45. The third-order valence-corrected chi connectivity index (χ3v) is 3.50. The molecule has 3 rings (SSSR count). The largest absolute Gasteiger partial charge is 0.385 e. The molecule has 6 heteroatoms. The van der Waals surface area contributed by atoms with Crippen LogP contribution < -0.4 is 11.3 Å². The summed E-state index contributed by atoms with van der Waals surface area (Å²) in [6.07, 6.45) is 1.73. The molecule has 0 bridgehead atoms. The van der Waals surface area contributed by atoms with Crippen molar-refractivity contribution in [2.24, 2.45) is 14.1 Å². The van der Waals surface area contributed by atoms with E-state index in [2.05, 4.69) is 5.10 Å². The number of hydrogen-bond donors (Lipinski definition) is 1. The highest BCUT2D eigenvalue weighted by Crippen LogP contribution is 2.17. The van der Waals surface area contributed by atoms with Crippen molar-refractivity contribution in [3.05, 3.63) is 40.4 Å². The Morgan fingerprint density at radius 2 is 2.00 bits per heavy atom. The van der Waals surface area contributed by atoms with Gasteiger partial charge in [-0.3, -0.25) is 14.0 Å². The van der Waals surface area contributed by atoms with Gasteiger partial charge in [-0.1, -0.05) is 0 Å². The molecule has 0 atom stereocenters. The first-order valence-electron chi connectivity index (χ1n) is 5.96. The number of anilines is 1. The number of nitrogens with two attached hydrogens (primary N) is 1. The van der Waals surface area contributed by atoms with Gasteiger partial charge in [0.05, 0.1) is 10.9 Å². The summed E-state index contributed by atoms with van der Waals surface area (Å²) in [5, 5.41) is 4.92. The number of aromatic nitrogens is 4. The van der Waals surface area contributed by atoms with Gasteiger partial charge in [-0.15, -0.1) is 0 Å². The molecule has 6 nitrogen and oxygen atoms in total. The molecule has 3 heterocycles. The first kappa shape index (κ1) is 11.6. The van der Waals surface area contributed by atoms with Crippen molar-refractivity contribution in [2.75, 3.05) is 5.73 Å². The first-order chi connectivity index (χ1) is 8.99. The standard InChI is InChI=1S/C13H15N5O/c1-8-6-12(15-17(8)3)18-5-4-10-9(13(18)19)7-11(14)16(10)2/h4-7H,14H2,1-3H3. The summed E-state index contributed by atoms with van der Waals surface area (Å²) in [4.78, 5) is 12.5. The van der Waals surface area contributed by atoms with Gasteiger partial charge in [0, 0.05) is 32.1 Å². The van der Waals surface area contributed by atoms with E-state index in [-0.39, 0.29) is 5.56 Å². The fraction of sp³-hybridized carbons (Fsp3) is 0.231. The molecule has 0 radical (unpaired) electrons. The van der Waals surface area contributed by atoms with E-state index in [1.807, 2.05) is 33.2 Å². The second-order valence-corrected chi connectivity index (χ2v) is 4.69. The van der Waals surface area contributed by atoms with Crippen LogP contribution in [0.25, 0.3) is 16.7 Å². The fourth-order valence-corrected chi connectivity index (χ4v) is 2.19. The van der Waals surface area contributed by atoms with E-state index >= 15 is 0 Å². The van der Waals surface area contributed by atoms with Crippen LogP contribution in [0, 0.1) is 6.92 Å². The van der Waals surface area contributed by atoms with Gasteiger partial charge in [0.2, 0.25) is 0 Å². The zero-order valence-corrected chi connectivity index (χ0v) is 11.1. The van der Waals surface area contributed by atoms with Gasteiger partial charge in [0.1, 0.15) is 5.82 Å². The van der Waals surface area contributed by atoms with Crippen molar-refractivity contribution in [1.82, 2.24) is 18.9 Å². The molecule has 0 amide bonds. The summed E-state index contributed by atoms with van der Waals surface area (Å²) >= 11 is 0. The second kappa shape index (κ2) is 3.74. The SMILES string of the molecule is Cc1cc(-n2ccc3c(cc(N)n3C)c2=O)nn1C. The Labute approximate surface area is 109 Å². The molecule has 19 heavy (non-hydrogen) atoms. The van der Waals surface area contributed by atoms with E-state index in [0.29, 0.717) is 17.0 Å². The third-order valence-electron chi connectivity index (χ3n) is 3.50. The van der Waals surface area contributed by atoms with Crippen molar-refractivity contribution < 1.29 is 0 Å². The molecule has 0 aliphatic heterocycles. The Morgan fingerprint density at radius 3 is 2.63 bits per heavy atom. The first-order valence-corrected chi connectivity index (χ1v) is 5.96. The van der Waals surface area contributed by atoms with Crippen molar-refractivity contribution in [3.63, 3.8) is 0 Å². The van der Waals surface area contributed by atoms with Crippen LogP contribution in [-0.2, 0) is 14.1 Å². The van der Waals surface area contributed by atoms with E-state index in [9.17, 15) is 4.79 Å². The summed E-state index contributed by atoms with van der Waals surface area (Å²) < 4.78 is 5.07. The minimum Gasteiger partial charge on any atom is -0.385 e. The topological polar surface area (TPSA) is 70.8 Å². The van der Waals surface area contributed by atoms with Crippen LogP contribution in [0.1, 0.15) is 5.69 Å². The minimum absolute atomic E-state index is 0.108. The average Bonchev–Trinajstić information content (AvgIpc) is 2.84. The van der Waals surface area contributed by atoms with Crippen LogP contribution in [0.15, 0.2) is 29.2 Å². The van der Waals surface area contributed by atoms with Gasteiger partial charge >= 0.3 is 0 Å². The Bertz CT molecular complexity index is 817. The third kappa shape index (κ3) is 1.56. The Balaban J connectivity index is 2.32. The van der Waals surface area contributed by atoms with Crippen LogP contribution >= 0.6 is 0 Å². The molecule has 98 valence electrons. The number of rotatable bonds is 1. The van der Waals surface area contributed by atoms with E-state index in [4.69, 9.17) is 5.73 Å². The maximum absolute atomic E-state index is 12.5. The van der Waals surface area contributed by atoms with Crippen molar-refractivity contribution in [1.29, 1.82) is 0 Å². The van der Waals surface area contributed by atoms with Gasteiger partial charge in [-0.05, 0) is 19.1 Å². The van der Waals surface area contributed by atoms with Gasteiger partial charge in [-0.25, -0.2) is 0 Å². The quantitative estimate of drug-likeness (QED) is 0.705. The molecule has 3 aromatic heterocycles. The van der Waals surface area contributed by atoms with Crippen LogP contribution in [0.2, 0.25) is 0 Å². The predicted octanol–water partition coefficient (Wildman–Crippen LogP) is 0.953. The lowest BCUT2D eigenvalue weighted by atomic mass is 10.3. The van der Waals surface area contributed by atoms with E-state index in [1.54, 1.807) is 21.5 Å². The predicted molar refractivity (Wildman–Crippen MR) is 74.4 cm³/mol. The minimum atomic E-state index is -0.108. The van der Waals surface area contributed by atoms with Crippen LogP contribution in [-0.4, -0.2) is 18.9 Å². The number of pyridine rings is 1. The molecule has 0 saturated heterocycles. The highest BCUT2D eigenvalue weighted by molar-refractivity contribution is 5.83. The van der Waals surface area contributed by atoms with Crippen LogP contribution in [0.5, 0.6) is 0 Å². The Kier molecular flexibility index (Phi) is 2.28. The number of fused-ring (bicyclic) bond motifs is 1. The second-order valence-electron chi connectivity index (χ2n) is 4.69. The smallest absolute Gasteiger partial charge is 0.265 e. The van der Waals surface area contributed by atoms with Gasteiger partial charge in [0.25, 0.3) is 5.56 Å². The number of hydrogen-bond acceptors (Lipinski definition) is 3. The molecular weight excluding hydrogens is 242 g/mol. The molecule has 3 aromatic rings. The van der Waals surface area contributed by atoms with Crippen molar-refractivity contribution >= 4 is 16.7 Å². The number of aryl methyl sites for hydroxylation is 3. The summed E-state index contributed by atoms with van der Waals surface area (Å²) in [5.74, 6) is 1.19. The van der Waals surface area contributed by atoms with Crippen LogP contribution in [0.3, 0.4) is 0 Å². The van der Waals surface area contributed by atoms with Gasteiger partial charge < -0.3 is 10.3 Å². The molecule has 0 spiro atoms. The Morgan fingerprint density at radius 1 is 1.26 bits per heavy atom. The lowest BCUT2D eigenvalue weighted by Gasteiger charge is -2.02. The monoisotopic (exact) mass is 257 g/mol. The molecular formula is C13H15N5O. The van der Waals surface area contributed by atoms with E-state index in [1.165, 1.54) is 4.57 Å². The average molecular weight is 257 g/mol. The number of nitrogens with zero attached hydrogens (tertiary/aromatic N) is 4. The van der Waals surface area contributed by atoms with Crippen molar-refractivity contribution in [2.45, 2.75) is 6.92 Å². The zero-order chi connectivity index (χ0) is 13.7. The maximum Gasteiger partial charge on any atom is 0.265 e.